The van der Waals surface area contributed by atoms with Crippen molar-refractivity contribution in [1.29, 1.82) is 0 Å². The minimum Gasteiger partial charge on any atom is -0.493 e. The number of aromatic nitrogens is 4. The number of methoxy groups -OCH3 is 2. The van der Waals surface area contributed by atoms with Gasteiger partial charge in [-0.1, -0.05) is 25.5 Å². The fraction of sp³-hybridized carbons (Fsp3) is 0.423. The normalized spacial score (nSPS) is 12.1. The van der Waals surface area contributed by atoms with Gasteiger partial charge in [-0.15, -0.1) is 10.2 Å². The van der Waals surface area contributed by atoms with Crippen LogP contribution in [0.5, 0.6) is 11.5 Å². The second-order valence-corrected chi connectivity index (χ2v) is 9.47. The lowest BCUT2D eigenvalue weighted by molar-refractivity contribution is -0.128. The van der Waals surface area contributed by atoms with Crippen molar-refractivity contribution < 1.29 is 23.5 Å². The molecule has 2 amide bonds. The molecule has 0 aliphatic heterocycles. The number of hydrogen-bond donors (Lipinski definition) is 1. The van der Waals surface area contributed by atoms with Gasteiger partial charge in [0.05, 0.1) is 19.9 Å². The van der Waals surface area contributed by atoms with Gasteiger partial charge in [-0.25, -0.2) is 4.39 Å². The largest absolute Gasteiger partial charge is 0.493 e. The smallest absolute Gasteiger partial charge is 0.251 e. The first-order valence-corrected chi connectivity index (χ1v) is 12.0. The van der Waals surface area contributed by atoms with E-state index in [1.807, 2.05) is 27.7 Å². The number of nitrogens with one attached hydrogen (secondary N) is 1. The summed E-state index contributed by atoms with van der Waals surface area (Å²) in [5, 5.41) is 15.3. The van der Waals surface area contributed by atoms with Gasteiger partial charge in [0, 0.05) is 11.1 Å². The maximum Gasteiger partial charge on any atom is 0.251 e. The van der Waals surface area contributed by atoms with E-state index in [-0.39, 0.29) is 24.0 Å². The SMILES string of the molecule is CCC[C@@H](C(=O)NC(C)(C)C)N(C(=O)Cn1nnc(-c2ccc(OC)c(OC)c2)n1)c1ccccc1F. The molecule has 0 aliphatic rings. The second kappa shape index (κ2) is 11.8. The number of amides is 2. The average molecular weight is 513 g/mol. The van der Waals surface area contributed by atoms with Gasteiger partial charge in [0.2, 0.25) is 11.7 Å². The number of rotatable bonds is 10. The number of anilines is 1. The summed E-state index contributed by atoms with van der Waals surface area (Å²) in [7, 11) is 3.05. The summed E-state index contributed by atoms with van der Waals surface area (Å²) >= 11 is 0. The van der Waals surface area contributed by atoms with Crippen molar-refractivity contribution in [3.8, 4) is 22.9 Å². The van der Waals surface area contributed by atoms with Crippen molar-refractivity contribution in [2.75, 3.05) is 19.1 Å². The van der Waals surface area contributed by atoms with Crippen LogP contribution in [-0.4, -0.2) is 57.8 Å². The summed E-state index contributed by atoms with van der Waals surface area (Å²) in [5.41, 5.74) is 0.0837. The van der Waals surface area contributed by atoms with E-state index in [1.54, 1.807) is 24.3 Å². The van der Waals surface area contributed by atoms with Crippen LogP contribution in [0, 0.1) is 5.82 Å². The molecule has 0 bridgehead atoms. The van der Waals surface area contributed by atoms with E-state index in [4.69, 9.17) is 9.47 Å². The molecule has 0 spiro atoms. The van der Waals surface area contributed by atoms with Gasteiger partial charge in [0.25, 0.3) is 5.91 Å². The van der Waals surface area contributed by atoms with Crippen LogP contribution in [0.4, 0.5) is 10.1 Å². The number of tetrazole rings is 1. The van der Waals surface area contributed by atoms with E-state index >= 15 is 0 Å². The second-order valence-electron chi connectivity index (χ2n) is 9.47. The molecule has 0 unspecified atom stereocenters. The van der Waals surface area contributed by atoms with Gasteiger partial charge in [-0.05, 0) is 62.7 Å². The van der Waals surface area contributed by atoms with Crippen molar-refractivity contribution in [2.24, 2.45) is 0 Å². The summed E-state index contributed by atoms with van der Waals surface area (Å²) in [5.74, 6) is -0.234. The standard InChI is InChI=1S/C26H33FN6O4/c1-7-10-20(25(35)28-26(2,3)4)33(19-12-9-8-11-18(19)27)23(34)16-32-30-24(29-31-32)17-13-14-21(36-5)22(15-17)37-6/h8-9,11-15,20H,7,10,16H2,1-6H3,(H,28,35)/t20-/m0/s1. The molecular weight excluding hydrogens is 479 g/mol. The number of nitrogens with zero attached hydrogens (tertiary/aromatic N) is 5. The lowest BCUT2D eigenvalue weighted by Gasteiger charge is -2.33. The average Bonchev–Trinajstić information content (AvgIpc) is 3.31. The van der Waals surface area contributed by atoms with E-state index in [0.29, 0.717) is 29.9 Å². The zero-order valence-electron chi connectivity index (χ0n) is 22.0. The molecule has 1 N–H and O–H groups in total. The minimum atomic E-state index is -0.928. The predicted octanol–water partition coefficient (Wildman–Crippen LogP) is 3.61. The molecule has 1 aromatic heterocycles. The molecule has 1 heterocycles. The molecule has 0 aliphatic carbocycles. The van der Waals surface area contributed by atoms with Gasteiger partial charge in [0.15, 0.2) is 11.5 Å². The Kier molecular flexibility index (Phi) is 8.80. The Morgan fingerprint density at radius 1 is 1.11 bits per heavy atom. The molecule has 0 saturated carbocycles. The minimum absolute atomic E-state index is 0.00948. The molecule has 0 saturated heterocycles. The lowest BCUT2D eigenvalue weighted by atomic mass is 10.0. The van der Waals surface area contributed by atoms with Crippen LogP contribution in [0.2, 0.25) is 0 Å². The Hall–Kier alpha value is -4.02. The number of halogens is 1. The van der Waals surface area contributed by atoms with Crippen LogP contribution in [0.3, 0.4) is 0 Å². The fourth-order valence-electron chi connectivity index (χ4n) is 3.83. The molecule has 10 nitrogen and oxygen atoms in total. The molecule has 11 heteroatoms. The highest BCUT2D eigenvalue weighted by Crippen LogP contribution is 2.31. The Morgan fingerprint density at radius 2 is 1.81 bits per heavy atom. The Balaban J connectivity index is 1.93. The first-order valence-electron chi connectivity index (χ1n) is 12.0. The number of carbonyl (C=O) groups is 2. The van der Waals surface area contributed by atoms with Crippen LogP contribution < -0.4 is 19.7 Å². The van der Waals surface area contributed by atoms with E-state index in [9.17, 15) is 14.0 Å². The van der Waals surface area contributed by atoms with E-state index < -0.39 is 23.3 Å². The van der Waals surface area contributed by atoms with Crippen molar-refractivity contribution in [1.82, 2.24) is 25.5 Å². The van der Waals surface area contributed by atoms with Gasteiger partial charge >= 0.3 is 0 Å². The summed E-state index contributed by atoms with van der Waals surface area (Å²) in [6.07, 6.45) is 0.940. The Bertz CT molecular complexity index is 1240. The maximum atomic E-state index is 14.9. The van der Waals surface area contributed by atoms with Crippen LogP contribution >= 0.6 is 0 Å². The number of hydrogen-bond acceptors (Lipinski definition) is 7. The molecule has 198 valence electrons. The maximum absolute atomic E-state index is 14.9. The molecular formula is C26H33FN6O4. The number of ether oxygens (including phenoxy) is 2. The molecule has 0 radical (unpaired) electrons. The van der Waals surface area contributed by atoms with Gasteiger partial charge < -0.3 is 14.8 Å². The van der Waals surface area contributed by atoms with Gasteiger partial charge in [0.1, 0.15) is 18.4 Å². The molecule has 3 rings (SSSR count). The fourth-order valence-corrected chi connectivity index (χ4v) is 3.83. The van der Waals surface area contributed by atoms with Crippen LogP contribution in [-0.2, 0) is 16.1 Å². The van der Waals surface area contributed by atoms with Crippen LogP contribution in [0.25, 0.3) is 11.4 Å². The first-order chi connectivity index (χ1) is 17.6. The van der Waals surface area contributed by atoms with Crippen LogP contribution in [0.15, 0.2) is 42.5 Å². The number of para-hydroxylation sites is 1. The van der Waals surface area contributed by atoms with Gasteiger partial charge in [-0.2, -0.15) is 4.80 Å². The van der Waals surface area contributed by atoms with E-state index in [2.05, 4.69) is 20.7 Å². The third-order valence-electron chi connectivity index (χ3n) is 5.43. The molecule has 2 aromatic carbocycles. The first kappa shape index (κ1) is 27.6. The Labute approximate surface area is 215 Å². The van der Waals surface area contributed by atoms with Crippen molar-refractivity contribution in [3.63, 3.8) is 0 Å². The zero-order chi connectivity index (χ0) is 27.2. The lowest BCUT2D eigenvalue weighted by Crippen LogP contribution is -2.55. The van der Waals surface area contributed by atoms with Crippen molar-refractivity contribution in [3.05, 3.63) is 48.3 Å². The van der Waals surface area contributed by atoms with E-state index in [0.717, 1.165) is 4.80 Å². The quantitative estimate of drug-likeness (QED) is 0.442. The topological polar surface area (TPSA) is 111 Å². The predicted molar refractivity (Wildman–Crippen MR) is 137 cm³/mol. The Morgan fingerprint density at radius 3 is 2.43 bits per heavy atom. The summed E-state index contributed by atoms with van der Waals surface area (Å²) in [6, 6.07) is 10.1. The summed E-state index contributed by atoms with van der Waals surface area (Å²) in [6.45, 7) is 7.09. The summed E-state index contributed by atoms with van der Waals surface area (Å²) < 4.78 is 25.5. The molecule has 37 heavy (non-hydrogen) atoms. The highest BCUT2D eigenvalue weighted by Gasteiger charge is 2.34. The van der Waals surface area contributed by atoms with E-state index in [1.165, 1.54) is 37.3 Å². The molecule has 0 fully saturated rings. The highest BCUT2D eigenvalue weighted by atomic mass is 19.1. The van der Waals surface area contributed by atoms with Crippen molar-refractivity contribution >= 4 is 17.5 Å². The zero-order valence-corrected chi connectivity index (χ0v) is 22.0. The molecule has 1 atom stereocenters. The van der Waals surface area contributed by atoms with Crippen molar-refractivity contribution in [2.45, 2.75) is 58.7 Å². The van der Waals surface area contributed by atoms with Crippen LogP contribution in [0.1, 0.15) is 40.5 Å². The highest BCUT2D eigenvalue weighted by molar-refractivity contribution is 6.00. The van der Waals surface area contributed by atoms with Gasteiger partial charge in [-0.3, -0.25) is 14.5 Å². The third-order valence-corrected chi connectivity index (χ3v) is 5.43. The molecule has 3 aromatic rings. The summed E-state index contributed by atoms with van der Waals surface area (Å²) in [4.78, 5) is 29.1. The third kappa shape index (κ3) is 6.81. The monoisotopic (exact) mass is 512 g/mol. The number of carbonyl (C=O) groups excluding carboxylic acids is 2. The number of benzene rings is 2.